The first kappa shape index (κ1) is 8.42. The summed E-state index contributed by atoms with van der Waals surface area (Å²) in [7, 11) is 0. The second-order valence-corrected chi connectivity index (χ2v) is 3.94. The molecule has 2 rings (SSSR count). The second kappa shape index (κ2) is 2.95. The van der Waals surface area contributed by atoms with E-state index >= 15 is 0 Å². The summed E-state index contributed by atoms with van der Waals surface area (Å²) in [5.41, 5.74) is 0.0134. The van der Waals surface area contributed by atoms with E-state index in [1.54, 1.807) is 12.2 Å². The number of carbonyl (C=O) groups excluding carboxylic acids is 2. The van der Waals surface area contributed by atoms with Gasteiger partial charge in [-0.25, -0.2) is 0 Å². The van der Waals surface area contributed by atoms with Gasteiger partial charge in [-0.2, -0.15) is 0 Å². The van der Waals surface area contributed by atoms with Gasteiger partial charge in [-0.1, -0.05) is 12.2 Å². The lowest BCUT2D eigenvalue weighted by molar-refractivity contribution is -0.111. The Bertz CT molecular complexity index is 283. The molecular formula is C11H12O2. The number of ketones is 1. The number of hydrogen-bond acceptors (Lipinski definition) is 2. The molecule has 1 atom stereocenters. The molecule has 0 aromatic rings. The fourth-order valence-electron chi connectivity index (χ4n) is 2.17. The van der Waals surface area contributed by atoms with Crippen LogP contribution in [0.1, 0.15) is 19.3 Å². The van der Waals surface area contributed by atoms with Crippen molar-refractivity contribution in [3.8, 4) is 0 Å². The Balaban J connectivity index is 2.16. The molecule has 1 spiro atoms. The number of aldehydes is 1. The Kier molecular flexibility index (Phi) is 1.91. The maximum Gasteiger partial charge on any atom is 0.178 e. The number of carbonyl (C=O) groups is 2. The van der Waals surface area contributed by atoms with E-state index in [9.17, 15) is 9.59 Å². The van der Waals surface area contributed by atoms with Crippen LogP contribution in [0.2, 0.25) is 0 Å². The Morgan fingerprint density at radius 1 is 1.38 bits per heavy atom. The molecule has 2 heteroatoms. The average molecular weight is 176 g/mol. The maximum atomic E-state index is 10.9. The predicted octanol–water partition coefficient (Wildman–Crippen LogP) is 1.67. The molecule has 0 N–H and O–H groups in total. The molecule has 0 heterocycles. The normalized spacial score (nSPS) is 29.8. The first-order valence-electron chi connectivity index (χ1n) is 4.62. The third kappa shape index (κ3) is 1.48. The summed E-state index contributed by atoms with van der Waals surface area (Å²) in [4.78, 5) is 21.5. The van der Waals surface area contributed by atoms with Gasteiger partial charge < -0.3 is 4.79 Å². The molecule has 2 aliphatic rings. The fraction of sp³-hybridized carbons (Fsp3) is 0.455. The molecule has 0 aliphatic heterocycles. The summed E-state index contributed by atoms with van der Waals surface area (Å²) >= 11 is 0. The second-order valence-electron chi connectivity index (χ2n) is 3.94. The van der Waals surface area contributed by atoms with E-state index in [0.717, 1.165) is 25.5 Å². The summed E-state index contributed by atoms with van der Waals surface area (Å²) in [6, 6.07) is 0. The lowest BCUT2D eigenvalue weighted by Crippen LogP contribution is -2.14. The third-order valence-corrected chi connectivity index (χ3v) is 2.97. The van der Waals surface area contributed by atoms with Gasteiger partial charge in [0.15, 0.2) is 5.78 Å². The molecule has 1 fully saturated rings. The SMILES string of the molecule is O=CC1CCC2(C=CC(=O)C=C2)C1. The topological polar surface area (TPSA) is 34.1 Å². The zero-order chi connectivity index (χ0) is 9.31. The van der Waals surface area contributed by atoms with E-state index in [0.29, 0.717) is 0 Å². The van der Waals surface area contributed by atoms with Crippen LogP contribution in [-0.2, 0) is 9.59 Å². The molecule has 0 aromatic heterocycles. The lowest BCUT2D eigenvalue weighted by Gasteiger charge is -2.22. The molecule has 0 aromatic carbocycles. The molecule has 0 amide bonds. The largest absolute Gasteiger partial charge is 0.303 e. The van der Waals surface area contributed by atoms with Crippen molar-refractivity contribution < 1.29 is 9.59 Å². The van der Waals surface area contributed by atoms with Gasteiger partial charge in [-0.3, -0.25) is 4.79 Å². The smallest absolute Gasteiger partial charge is 0.178 e. The van der Waals surface area contributed by atoms with Crippen LogP contribution < -0.4 is 0 Å². The van der Waals surface area contributed by atoms with E-state index in [2.05, 4.69) is 0 Å². The summed E-state index contributed by atoms with van der Waals surface area (Å²) in [5.74, 6) is 0.239. The van der Waals surface area contributed by atoms with Crippen molar-refractivity contribution in [3.63, 3.8) is 0 Å². The fourth-order valence-corrected chi connectivity index (χ4v) is 2.17. The van der Waals surface area contributed by atoms with Crippen LogP contribution in [-0.4, -0.2) is 12.1 Å². The monoisotopic (exact) mass is 176 g/mol. The lowest BCUT2D eigenvalue weighted by atomic mass is 9.82. The van der Waals surface area contributed by atoms with Crippen molar-refractivity contribution in [2.75, 3.05) is 0 Å². The summed E-state index contributed by atoms with van der Waals surface area (Å²) in [6.45, 7) is 0. The van der Waals surface area contributed by atoms with Crippen molar-refractivity contribution in [2.24, 2.45) is 11.3 Å². The van der Waals surface area contributed by atoms with E-state index < -0.39 is 0 Å². The highest BCUT2D eigenvalue weighted by atomic mass is 16.1. The number of hydrogen-bond donors (Lipinski definition) is 0. The quantitative estimate of drug-likeness (QED) is 0.569. The molecule has 1 unspecified atom stereocenters. The molecule has 1 saturated carbocycles. The zero-order valence-electron chi connectivity index (χ0n) is 7.40. The van der Waals surface area contributed by atoms with Gasteiger partial charge in [0.2, 0.25) is 0 Å². The van der Waals surface area contributed by atoms with Crippen molar-refractivity contribution in [1.82, 2.24) is 0 Å². The molecule has 0 saturated heterocycles. The molecule has 68 valence electrons. The minimum absolute atomic E-state index is 0.0134. The van der Waals surface area contributed by atoms with Gasteiger partial charge in [-0.15, -0.1) is 0 Å². The maximum absolute atomic E-state index is 10.9. The highest BCUT2D eigenvalue weighted by molar-refractivity contribution is 6.00. The van der Waals surface area contributed by atoms with E-state index in [1.165, 1.54) is 0 Å². The Hall–Kier alpha value is -1.18. The van der Waals surface area contributed by atoms with Gasteiger partial charge >= 0.3 is 0 Å². The number of rotatable bonds is 1. The third-order valence-electron chi connectivity index (χ3n) is 2.97. The van der Waals surface area contributed by atoms with Gasteiger partial charge in [0, 0.05) is 11.3 Å². The van der Waals surface area contributed by atoms with Gasteiger partial charge in [-0.05, 0) is 31.4 Å². The van der Waals surface area contributed by atoms with Gasteiger partial charge in [0.25, 0.3) is 0 Å². The Labute approximate surface area is 77.3 Å². The highest BCUT2D eigenvalue weighted by Crippen LogP contribution is 2.44. The Morgan fingerprint density at radius 2 is 2.08 bits per heavy atom. The summed E-state index contributed by atoms with van der Waals surface area (Å²) < 4.78 is 0. The molecule has 2 aliphatic carbocycles. The first-order chi connectivity index (χ1) is 6.24. The van der Waals surface area contributed by atoms with Crippen LogP contribution in [0.5, 0.6) is 0 Å². The molecular weight excluding hydrogens is 164 g/mol. The van der Waals surface area contributed by atoms with Crippen LogP contribution in [0.25, 0.3) is 0 Å². The van der Waals surface area contributed by atoms with Crippen LogP contribution in [0.15, 0.2) is 24.3 Å². The van der Waals surface area contributed by atoms with Crippen LogP contribution in [0, 0.1) is 11.3 Å². The average Bonchev–Trinajstić information content (AvgIpc) is 2.55. The minimum atomic E-state index is 0.0134. The van der Waals surface area contributed by atoms with Gasteiger partial charge in [0.1, 0.15) is 6.29 Å². The Morgan fingerprint density at radius 3 is 2.62 bits per heavy atom. The van der Waals surface area contributed by atoms with E-state index in [4.69, 9.17) is 0 Å². The van der Waals surface area contributed by atoms with Crippen molar-refractivity contribution in [2.45, 2.75) is 19.3 Å². The van der Waals surface area contributed by atoms with Crippen LogP contribution >= 0.6 is 0 Å². The molecule has 0 bridgehead atoms. The van der Waals surface area contributed by atoms with E-state index in [1.807, 2.05) is 12.2 Å². The summed E-state index contributed by atoms with van der Waals surface area (Å²) in [6.07, 6.45) is 11.0. The minimum Gasteiger partial charge on any atom is -0.303 e. The predicted molar refractivity (Wildman–Crippen MR) is 49.1 cm³/mol. The van der Waals surface area contributed by atoms with Crippen molar-refractivity contribution in [1.29, 1.82) is 0 Å². The number of allylic oxidation sites excluding steroid dienone is 4. The molecule has 2 nitrogen and oxygen atoms in total. The first-order valence-corrected chi connectivity index (χ1v) is 4.62. The van der Waals surface area contributed by atoms with Crippen LogP contribution in [0.4, 0.5) is 0 Å². The molecule has 13 heavy (non-hydrogen) atoms. The van der Waals surface area contributed by atoms with Crippen molar-refractivity contribution in [3.05, 3.63) is 24.3 Å². The highest BCUT2D eigenvalue weighted by Gasteiger charge is 2.35. The zero-order valence-corrected chi connectivity index (χ0v) is 7.40. The van der Waals surface area contributed by atoms with E-state index in [-0.39, 0.29) is 17.1 Å². The van der Waals surface area contributed by atoms with Crippen molar-refractivity contribution >= 4 is 12.1 Å². The summed E-state index contributed by atoms with van der Waals surface area (Å²) in [5, 5.41) is 0. The van der Waals surface area contributed by atoms with Gasteiger partial charge in [0.05, 0.1) is 0 Å². The standard InChI is InChI=1S/C11H12O2/c12-8-9-1-4-11(7-9)5-2-10(13)3-6-11/h2-3,5-6,8-9H,1,4,7H2. The van der Waals surface area contributed by atoms with Crippen LogP contribution in [0.3, 0.4) is 0 Å². The molecule has 0 radical (unpaired) electrons.